The Hall–Kier alpha value is -1.96. The molecule has 0 aliphatic carbocycles. The molecule has 2 aromatic carbocycles. The Morgan fingerprint density at radius 1 is 0.737 bits per heavy atom. The standard InChI is InChI=1S/C17H20N2/c1-17(2,3)13-14-9-11-16(12-10-14)19-18-15-7-5-4-6-8-15/h4-12H,13H2,1-3H3/b19-18+. The molecule has 0 N–H and O–H groups in total. The summed E-state index contributed by atoms with van der Waals surface area (Å²) in [5.41, 5.74) is 3.42. The van der Waals surface area contributed by atoms with Crippen LogP contribution in [0.1, 0.15) is 26.3 Å². The zero-order chi connectivity index (χ0) is 13.7. The van der Waals surface area contributed by atoms with Gasteiger partial charge in [0.2, 0.25) is 0 Å². The summed E-state index contributed by atoms with van der Waals surface area (Å²) in [4.78, 5) is 0. The van der Waals surface area contributed by atoms with Crippen LogP contribution in [0, 0.1) is 5.41 Å². The van der Waals surface area contributed by atoms with Gasteiger partial charge < -0.3 is 0 Å². The maximum absolute atomic E-state index is 4.24. The van der Waals surface area contributed by atoms with Crippen molar-refractivity contribution in [3.63, 3.8) is 0 Å². The first kappa shape index (κ1) is 13.5. The lowest BCUT2D eigenvalue weighted by Gasteiger charge is -2.17. The molecule has 0 unspecified atom stereocenters. The minimum atomic E-state index is 0.313. The van der Waals surface area contributed by atoms with Gasteiger partial charge in [-0.3, -0.25) is 0 Å². The monoisotopic (exact) mass is 252 g/mol. The van der Waals surface area contributed by atoms with Gasteiger partial charge in [0, 0.05) is 0 Å². The lowest BCUT2D eigenvalue weighted by Crippen LogP contribution is -2.08. The van der Waals surface area contributed by atoms with E-state index in [0.29, 0.717) is 5.41 Å². The van der Waals surface area contributed by atoms with Gasteiger partial charge in [-0.05, 0) is 41.7 Å². The Morgan fingerprint density at radius 3 is 1.79 bits per heavy atom. The Labute approximate surface area is 115 Å². The summed E-state index contributed by atoms with van der Waals surface area (Å²) in [5, 5.41) is 8.44. The highest BCUT2D eigenvalue weighted by Gasteiger charge is 2.10. The Kier molecular flexibility index (Phi) is 4.10. The van der Waals surface area contributed by atoms with Gasteiger partial charge in [-0.2, -0.15) is 10.2 Å². The van der Waals surface area contributed by atoms with Crippen molar-refractivity contribution in [3.8, 4) is 0 Å². The van der Waals surface area contributed by atoms with Crippen LogP contribution in [0.25, 0.3) is 0 Å². The van der Waals surface area contributed by atoms with Crippen molar-refractivity contribution in [2.24, 2.45) is 15.6 Å². The predicted octanol–water partition coefficient (Wildman–Crippen LogP) is 5.69. The van der Waals surface area contributed by atoms with Crippen LogP contribution in [0.2, 0.25) is 0 Å². The normalized spacial score (nSPS) is 11.9. The van der Waals surface area contributed by atoms with E-state index in [1.807, 2.05) is 42.5 Å². The summed E-state index contributed by atoms with van der Waals surface area (Å²) in [6, 6.07) is 18.1. The number of azo groups is 1. The molecule has 2 rings (SSSR count). The summed E-state index contributed by atoms with van der Waals surface area (Å²) in [5.74, 6) is 0. The van der Waals surface area contributed by atoms with Crippen molar-refractivity contribution in [2.45, 2.75) is 27.2 Å². The Bertz CT molecular complexity index is 534. The lowest BCUT2D eigenvalue weighted by molar-refractivity contribution is 0.411. The molecule has 0 saturated carbocycles. The molecular weight excluding hydrogens is 232 g/mol. The van der Waals surface area contributed by atoms with Crippen LogP contribution in [-0.4, -0.2) is 0 Å². The third kappa shape index (κ3) is 4.66. The SMILES string of the molecule is CC(C)(C)Cc1ccc(/N=N/c2ccccc2)cc1. The summed E-state index contributed by atoms with van der Waals surface area (Å²) >= 11 is 0. The van der Waals surface area contributed by atoms with Crippen LogP contribution in [0.5, 0.6) is 0 Å². The van der Waals surface area contributed by atoms with Gasteiger partial charge in [0.15, 0.2) is 0 Å². The minimum absolute atomic E-state index is 0.313. The third-order valence-electron chi connectivity index (χ3n) is 2.71. The van der Waals surface area contributed by atoms with E-state index in [-0.39, 0.29) is 0 Å². The van der Waals surface area contributed by atoms with Crippen molar-refractivity contribution < 1.29 is 0 Å². The van der Waals surface area contributed by atoms with Crippen molar-refractivity contribution in [2.75, 3.05) is 0 Å². The molecule has 2 nitrogen and oxygen atoms in total. The fourth-order valence-corrected chi connectivity index (χ4v) is 1.90. The van der Waals surface area contributed by atoms with Crippen molar-refractivity contribution >= 4 is 11.4 Å². The quantitative estimate of drug-likeness (QED) is 0.627. The molecule has 0 atom stereocenters. The van der Waals surface area contributed by atoms with E-state index in [4.69, 9.17) is 0 Å². The first-order valence-electron chi connectivity index (χ1n) is 6.59. The largest absolute Gasteiger partial charge is 0.151 e. The summed E-state index contributed by atoms with van der Waals surface area (Å²) in [6.45, 7) is 6.74. The van der Waals surface area contributed by atoms with E-state index in [0.717, 1.165) is 17.8 Å². The average molecular weight is 252 g/mol. The second-order valence-electron chi connectivity index (χ2n) is 5.94. The van der Waals surface area contributed by atoms with Gasteiger partial charge >= 0.3 is 0 Å². The van der Waals surface area contributed by atoms with Crippen LogP contribution in [0.3, 0.4) is 0 Å². The van der Waals surface area contributed by atoms with Crippen LogP contribution >= 0.6 is 0 Å². The second-order valence-corrected chi connectivity index (χ2v) is 5.94. The summed E-state index contributed by atoms with van der Waals surface area (Å²) < 4.78 is 0. The number of hydrogen-bond donors (Lipinski definition) is 0. The van der Waals surface area contributed by atoms with Gasteiger partial charge in [-0.25, -0.2) is 0 Å². The van der Waals surface area contributed by atoms with E-state index in [1.165, 1.54) is 5.56 Å². The molecule has 0 heterocycles. The zero-order valence-electron chi connectivity index (χ0n) is 11.8. The Balaban J connectivity index is 2.05. The first-order valence-corrected chi connectivity index (χ1v) is 6.59. The molecule has 0 bridgehead atoms. The van der Waals surface area contributed by atoms with E-state index in [2.05, 4.69) is 43.1 Å². The average Bonchev–Trinajstić information content (AvgIpc) is 2.37. The molecule has 2 heteroatoms. The van der Waals surface area contributed by atoms with E-state index in [1.54, 1.807) is 0 Å². The molecular formula is C17H20N2. The molecule has 98 valence electrons. The number of hydrogen-bond acceptors (Lipinski definition) is 2. The number of rotatable bonds is 3. The minimum Gasteiger partial charge on any atom is -0.151 e. The summed E-state index contributed by atoms with van der Waals surface area (Å²) in [7, 11) is 0. The molecule has 0 aromatic heterocycles. The van der Waals surface area contributed by atoms with E-state index < -0.39 is 0 Å². The van der Waals surface area contributed by atoms with E-state index >= 15 is 0 Å². The lowest BCUT2D eigenvalue weighted by atomic mass is 9.88. The van der Waals surface area contributed by atoms with Gasteiger partial charge in [0.05, 0.1) is 11.4 Å². The van der Waals surface area contributed by atoms with Crippen molar-refractivity contribution in [1.29, 1.82) is 0 Å². The molecule has 0 aliphatic heterocycles. The molecule has 0 fully saturated rings. The van der Waals surface area contributed by atoms with Gasteiger partial charge in [0.25, 0.3) is 0 Å². The highest BCUT2D eigenvalue weighted by molar-refractivity contribution is 5.41. The van der Waals surface area contributed by atoms with Gasteiger partial charge in [-0.1, -0.05) is 51.1 Å². The number of benzene rings is 2. The smallest absolute Gasteiger partial charge is 0.0857 e. The van der Waals surface area contributed by atoms with Crippen LogP contribution in [-0.2, 0) is 6.42 Å². The fraction of sp³-hybridized carbons (Fsp3) is 0.294. The van der Waals surface area contributed by atoms with Crippen LogP contribution < -0.4 is 0 Å². The molecule has 0 saturated heterocycles. The van der Waals surface area contributed by atoms with E-state index in [9.17, 15) is 0 Å². The molecule has 19 heavy (non-hydrogen) atoms. The number of nitrogens with zero attached hydrogens (tertiary/aromatic N) is 2. The third-order valence-corrected chi connectivity index (χ3v) is 2.71. The molecule has 0 amide bonds. The topological polar surface area (TPSA) is 24.7 Å². The highest BCUT2D eigenvalue weighted by Crippen LogP contribution is 2.23. The first-order chi connectivity index (χ1) is 9.03. The second kappa shape index (κ2) is 5.79. The Morgan fingerprint density at radius 2 is 1.26 bits per heavy atom. The van der Waals surface area contributed by atoms with Crippen molar-refractivity contribution in [1.82, 2.24) is 0 Å². The molecule has 0 aliphatic rings. The molecule has 2 aromatic rings. The maximum atomic E-state index is 4.24. The van der Waals surface area contributed by atoms with Crippen LogP contribution in [0.4, 0.5) is 11.4 Å². The maximum Gasteiger partial charge on any atom is 0.0857 e. The predicted molar refractivity (Wildman–Crippen MR) is 80.2 cm³/mol. The van der Waals surface area contributed by atoms with Gasteiger partial charge in [0.1, 0.15) is 0 Å². The zero-order valence-corrected chi connectivity index (χ0v) is 11.8. The van der Waals surface area contributed by atoms with Crippen LogP contribution in [0.15, 0.2) is 64.8 Å². The van der Waals surface area contributed by atoms with Crippen molar-refractivity contribution in [3.05, 3.63) is 60.2 Å². The molecule has 0 spiro atoms. The fourth-order valence-electron chi connectivity index (χ4n) is 1.90. The summed E-state index contributed by atoms with van der Waals surface area (Å²) in [6.07, 6.45) is 1.07. The highest BCUT2D eigenvalue weighted by atomic mass is 15.1. The molecule has 0 radical (unpaired) electrons. The van der Waals surface area contributed by atoms with Gasteiger partial charge in [-0.15, -0.1) is 0 Å².